The van der Waals surface area contributed by atoms with E-state index in [0.29, 0.717) is 33.8 Å². The van der Waals surface area contributed by atoms with Crippen LogP contribution in [0.15, 0.2) is 58.0 Å². The van der Waals surface area contributed by atoms with Gasteiger partial charge in [-0.15, -0.1) is 0 Å². The highest BCUT2D eigenvalue weighted by atomic mass is 16.5. The molecule has 1 amide bonds. The maximum Gasteiger partial charge on any atom is 0.266 e. The monoisotopic (exact) mass is 377 g/mol. The van der Waals surface area contributed by atoms with Crippen LogP contribution < -0.4 is 15.6 Å². The summed E-state index contributed by atoms with van der Waals surface area (Å²) in [5.41, 5.74) is 2.21. The van der Waals surface area contributed by atoms with E-state index >= 15 is 0 Å². The highest BCUT2D eigenvalue weighted by molar-refractivity contribution is 6.05. The summed E-state index contributed by atoms with van der Waals surface area (Å²) in [5.74, 6) is 0.453. The second kappa shape index (κ2) is 6.95. The van der Waals surface area contributed by atoms with Gasteiger partial charge in [0.2, 0.25) is 5.89 Å². The normalized spacial score (nSPS) is 10.8. The van der Waals surface area contributed by atoms with E-state index in [1.165, 1.54) is 30.3 Å². The van der Waals surface area contributed by atoms with E-state index in [1.807, 2.05) is 0 Å². The number of aromatic nitrogens is 4. The Bertz CT molecular complexity index is 1240. The molecule has 0 atom stereocenters. The van der Waals surface area contributed by atoms with Crippen LogP contribution in [0.2, 0.25) is 0 Å². The standard InChI is InChI=1S/C19H15N5O4/c1-24-17(25)6-4-14(23-24)19-22-15-8-12(3-5-16(15)28-19)21-18(26)11-7-13(27-2)10-20-9-11/h3-10H,1-2H3,(H,21,26). The summed E-state index contributed by atoms with van der Waals surface area (Å²) in [5, 5.41) is 6.91. The fourth-order valence-corrected chi connectivity index (χ4v) is 2.59. The van der Waals surface area contributed by atoms with E-state index < -0.39 is 0 Å². The van der Waals surface area contributed by atoms with Gasteiger partial charge in [-0.25, -0.2) is 9.67 Å². The number of amides is 1. The topological polar surface area (TPSA) is 112 Å². The number of benzene rings is 1. The van der Waals surface area contributed by atoms with Crippen molar-refractivity contribution in [1.82, 2.24) is 19.7 Å². The Morgan fingerprint density at radius 2 is 2.04 bits per heavy atom. The molecule has 0 spiro atoms. The first-order chi connectivity index (χ1) is 13.5. The van der Waals surface area contributed by atoms with Crippen LogP contribution in [-0.2, 0) is 7.05 Å². The lowest BCUT2D eigenvalue weighted by Gasteiger charge is -2.06. The van der Waals surface area contributed by atoms with Gasteiger partial charge in [0.05, 0.1) is 18.9 Å². The SMILES string of the molecule is COc1cncc(C(=O)Nc2ccc3oc(-c4ccc(=O)n(C)n4)nc3c2)c1. The molecule has 4 aromatic rings. The van der Waals surface area contributed by atoms with Crippen molar-refractivity contribution >= 4 is 22.7 Å². The molecule has 3 heterocycles. The Balaban J connectivity index is 1.61. The van der Waals surface area contributed by atoms with Crippen LogP contribution >= 0.6 is 0 Å². The second-order valence-corrected chi connectivity index (χ2v) is 5.95. The lowest BCUT2D eigenvalue weighted by atomic mass is 10.2. The first-order valence-electron chi connectivity index (χ1n) is 8.29. The molecule has 0 aliphatic carbocycles. The average molecular weight is 377 g/mol. The number of anilines is 1. The molecule has 1 aromatic carbocycles. The molecule has 0 fully saturated rings. The summed E-state index contributed by atoms with van der Waals surface area (Å²) >= 11 is 0. The molecule has 0 radical (unpaired) electrons. The van der Waals surface area contributed by atoms with E-state index in [2.05, 4.69) is 20.4 Å². The number of nitrogens with zero attached hydrogens (tertiary/aromatic N) is 4. The van der Waals surface area contributed by atoms with Gasteiger partial charge in [-0.2, -0.15) is 5.10 Å². The van der Waals surface area contributed by atoms with E-state index in [0.717, 1.165) is 0 Å². The number of pyridine rings is 1. The average Bonchev–Trinajstić information content (AvgIpc) is 3.13. The minimum absolute atomic E-state index is 0.225. The Morgan fingerprint density at radius 3 is 2.82 bits per heavy atom. The summed E-state index contributed by atoms with van der Waals surface area (Å²) in [6, 6.07) is 9.64. The van der Waals surface area contributed by atoms with Crippen LogP contribution in [0.25, 0.3) is 22.7 Å². The van der Waals surface area contributed by atoms with Crippen molar-refractivity contribution in [2.75, 3.05) is 12.4 Å². The van der Waals surface area contributed by atoms with Crippen LogP contribution in [0.3, 0.4) is 0 Å². The molecule has 3 aromatic heterocycles. The number of hydrogen-bond donors (Lipinski definition) is 1. The smallest absolute Gasteiger partial charge is 0.266 e. The predicted molar refractivity (Wildman–Crippen MR) is 101 cm³/mol. The van der Waals surface area contributed by atoms with Crippen molar-refractivity contribution < 1.29 is 13.9 Å². The van der Waals surface area contributed by atoms with Gasteiger partial charge in [0.15, 0.2) is 5.58 Å². The molecule has 0 aliphatic rings. The summed E-state index contributed by atoms with van der Waals surface area (Å²) in [6.45, 7) is 0. The first-order valence-corrected chi connectivity index (χ1v) is 8.29. The van der Waals surface area contributed by atoms with Crippen LogP contribution in [0.5, 0.6) is 5.75 Å². The molecule has 140 valence electrons. The number of aryl methyl sites for hydroxylation is 1. The maximum absolute atomic E-state index is 12.4. The van der Waals surface area contributed by atoms with Crippen molar-refractivity contribution in [2.45, 2.75) is 0 Å². The number of hydrogen-bond acceptors (Lipinski definition) is 7. The Labute approximate surface area is 158 Å². The second-order valence-electron chi connectivity index (χ2n) is 5.95. The molecule has 4 rings (SSSR count). The highest BCUT2D eigenvalue weighted by Crippen LogP contribution is 2.25. The number of carbonyl (C=O) groups excluding carboxylic acids is 1. The number of oxazole rings is 1. The Hall–Kier alpha value is -4.01. The van der Waals surface area contributed by atoms with Crippen LogP contribution in [-0.4, -0.2) is 32.8 Å². The predicted octanol–water partition coefficient (Wildman–Crippen LogP) is 2.24. The summed E-state index contributed by atoms with van der Waals surface area (Å²) in [6.07, 6.45) is 2.98. The number of rotatable bonds is 4. The van der Waals surface area contributed by atoms with E-state index in [9.17, 15) is 9.59 Å². The number of fused-ring (bicyclic) bond motifs is 1. The highest BCUT2D eigenvalue weighted by Gasteiger charge is 2.13. The largest absolute Gasteiger partial charge is 0.495 e. The van der Waals surface area contributed by atoms with Crippen LogP contribution in [0, 0.1) is 0 Å². The van der Waals surface area contributed by atoms with Gasteiger partial charge in [-0.05, 0) is 30.3 Å². The van der Waals surface area contributed by atoms with Gasteiger partial charge in [-0.1, -0.05) is 0 Å². The molecule has 1 N–H and O–H groups in total. The van der Waals surface area contributed by atoms with Crippen molar-refractivity contribution in [1.29, 1.82) is 0 Å². The molecular weight excluding hydrogens is 362 g/mol. The van der Waals surface area contributed by atoms with Crippen LogP contribution in [0.1, 0.15) is 10.4 Å². The van der Waals surface area contributed by atoms with Crippen molar-refractivity contribution in [3.63, 3.8) is 0 Å². The summed E-state index contributed by atoms with van der Waals surface area (Å²) < 4.78 is 12.0. The number of nitrogens with one attached hydrogen (secondary N) is 1. The molecule has 0 bridgehead atoms. The molecule has 0 aliphatic heterocycles. The Kier molecular flexibility index (Phi) is 4.32. The molecule has 0 saturated carbocycles. The number of methoxy groups -OCH3 is 1. The van der Waals surface area contributed by atoms with Gasteiger partial charge >= 0.3 is 0 Å². The van der Waals surface area contributed by atoms with E-state index in [4.69, 9.17) is 9.15 Å². The van der Waals surface area contributed by atoms with Crippen LogP contribution in [0.4, 0.5) is 5.69 Å². The third-order valence-electron chi connectivity index (χ3n) is 4.04. The molecule has 0 unspecified atom stereocenters. The molecule has 9 heteroatoms. The zero-order chi connectivity index (χ0) is 19.7. The maximum atomic E-state index is 12.4. The third kappa shape index (κ3) is 3.32. The number of ether oxygens (including phenoxy) is 1. The third-order valence-corrected chi connectivity index (χ3v) is 4.04. The fourth-order valence-electron chi connectivity index (χ4n) is 2.59. The van der Waals surface area contributed by atoms with Crippen molar-refractivity contribution in [2.24, 2.45) is 7.05 Å². The summed E-state index contributed by atoms with van der Waals surface area (Å²) in [4.78, 5) is 32.3. The first kappa shape index (κ1) is 17.4. The van der Waals surface area contributed by atoms with Gasteiger partial charge < -0.3 is 14.5 Å². The van der Waals surface area contributed by atoms with E-state index in [1.54, 1.807) is 37.4 Å². The minimum Gasteiger partial charge on any atom is -0.495 e. The van der Waals surface area contributed by atoms with Crippen molar-refractivity contribution in [3.8, 4) is 17.3 Å². The molecular formula is C19H15N5O4. The quantitative estimate of drug-likeness (QED) is 0.580. The van der Waals surface area contributed by atoms with Gasteiger partial charge in [0.1, 0.15) is 17.0 Å². The van der Waals surface area contributed by atoms with E-state index in [-0.39, 0.29) is 17.4 Å². The summed E-state index contributed by atoms with van der Waals surface area (Å²) in [7, 11) is 3.06. The zero-order valence-corrected chi connectivity index (χ0v) is 15.0. The molecule has 28 heavy (non-hydrogen) atoms. The molecule has 9 nitrogen and oxygen atoms in total. The van der Waals surface area contributed by atoms with Gasteiger partial charge in [-0.3, -0.25) is 14.6 Å². The Morgan fingerprint density at radius 1 is 1.18 bits per heavy atom. The lowest BCUT2D eigenvalue weighted by Crippen LogP contribution is -2.18. The fraction of sp³-hybridized carbons (Fsp3) is 0.105. The van der Waals surface area contributed by atoms with Crippen molar-refractivity contribution in [3.05, 3.63) is 64.7 Å². The van der Waals surface area contributed by atoms with Gasteiger partial charge in [0, 0.05) is 25.0 Å². The lowest BCUT2D eigenvalue weighted by molar-refractivity contribution is 0.102. The van der Waals surface area contributed by atoms with Gasteiger partial charge in [0.25, 0.3) is 11.5 Å². The molecule has 0 saturated heterocycles. The zero-order valence-electron chi connectivity index (χ0n) is 15.0. The number of carbonyl (C=O) groups is 1. The minimum atomic E-state index is -0.325.